The number of anilines is 2. The molecule has 5 rings (SSSR count). The molecule has 1 amide bonds. The van der Waals surface area contributed by atoms with Crippen LogP contribution in [0.25, 0.3) is 11.4 Å². The van der Waals surface area contributed by atoms with E-state index in [1.165, 1.54) is 0 Å². The van der Waals surface area contributed by atoms with Crippen molar-refractivity contribution in [2.45, 2.75) is 24.2 Å². The Bertz CT molecular complexity index is 1430. The molecule has 0 radical (unpaired) electrons. The summed E-state index contributed by atoms with van der Waals surface area (Å²) in [5.41, 5.74) is 1.41. The van der Waals surface area contributed by atoms with Crippen molar-refractivity contribution in [2.75, 3.05) is 48.9 Å². The molecule has 0 bridgehead atoms. The van der Waals surface area contributed by atoms with Gasteiger partial charge in [0.2, 0.25) is 0 Å². The van der Waals surface area contributed by atoms with Crippen LogP contribution in [-0.4, -0.2) is 69.8 Å². The molecule has 40 heavy (non-hydrogen) atoms. The van der Waals surface area contributed by atoms with Crippen LogP contribution in [-0.2, 0) is 24.1 Å². The lowest BCUT2D eigenvalue weighted by atomic mass is 10.1. The van der Waals surface area contributed by atoms with Crippen LogP contribution in [0, 0.1) is 0 Å². The van der Waals surface area contributed by atoms with Gasteiger partial charge in [-0.05, 0) is 49.2 Å². The summed E-state index contributed by atoms with van der Waals surface area (Å²) in [5, 5.41) is 2.66. The second-order valence-corrected chi connectivity index (χ2v) is 11.8. The lowest BCUT2D eigenvalue weighted by molar-refractivity contribution is -0.123. The number of carbonyl (C=O) groups excluding carboxylic acids is 1. The summed E-state index contributed by atoms with van der Waals surface area (Å²) in [7, 11) is -3.84. The number of ether oxygens (including phenoxy) is 3. The van der Waals surface area contributed by atoms with Crippen molar-refractivity contribution in [1.29, 1.82) is 0 Å². The number of halogens is 2. The van der Waals surface area contributed by atoms with E-state index < -0.39 is 39.6 Å². The van der Waals surface area contributed by atoms with Crippen LogP contribution in [0.4, 0.5) is 25.1 Å². The summed E-state index contributed by atoms with van der Waals surface area (Å²) in [4.78, 5) is 23.6. The zero-order valence-corrected chi connectivity index (χ0v) is 22.3. The predicted octanol–water partition coefficient (Wildman–Crippen LogP) is 4.23. The Hall–Kier alpha value is -3.68. The third kappa shape index (κ3) is 6.37. The fraction of sp³-hybridized carbons (Fsp3) is 0.370. The molecule has 2 aliphatic rings. The Morgan fingerprint density at radius 2 is 1.75 bits per heavy atom. The molecule has 1 saturated carbocycles. The highest BCUT2D eigenvalue weighted by atomic mass is 32.2. The van der Waals surface area contributed by atoms with Gasteiger partial charge < -0.3 is 19.1 Å². The second kappa shape index (κ2) is 11.8. The fourth-order valence-corrected chi connectivity index (χ4v) is 6.33. The Labute approximate surface area is 230 Å². The maximum absolute atomic E-state index is 13.2. The van der Waals surface area contributed by atoms with Gasteiger partial charge in [-0.15, -0.1) is 0 Å². The van der Waals surface area contributed by atoms with Gasteiger partial charge in [-0.25, -0.2) is 23.2 Å². The van der Waals surface area contributed by atoms with Crippen LogP contribution in [0.3, 0.4) is 0 Å². The number of hydrogen-bond donors (Lipinski definition) is 1. The summed E-state index contributed by atoms with van der Waals surface area (Å²) in [6.07, 6.45) is 0.00801. The SMILES string of the molecule is O=C(Nc1ccc(-c2nc(N3CCOCC3)cc(C3(S(=O)(=O)CCOC(F)F)CC3)n2)cc1)Oc1ccccc1. The molecule has 1 aliphatic carbocycles. The van der Waals surface area contributed by atoms with E-state index in [1.807, 2.05) is 11.0 Å². The van der Waals surface area contributed by atoms with E-state index in [2.05, 4.69) is 15.0 Å². The summed E-state index contributed by atoms with van der Waals surface area (Å²) < 4.78 is 65.0. The number of sulfone groups is 1. The van der Waals surface area contributed by atoms with E-state index in [-0.39, 0.29) is 0 Å². The first-order chi connectivity index (χ1) is 19.3. The smallest absolute Gasteiger partial charge is 0.410 e. The zero-order chi connectivity index (χ0) is 28.2. The molecule has 212 valence electrons. The van der Waals surface area contributed by atoms with Crippen molar-refractivity contribution in [3.05, 3.63) is 66.4 Å². The van der Waals surface area contributed by atoms with Gasteiger partial charge in [0.05, 0.1) is 31.3 Å². The number of alkyl halides is 2. The number of para-hydroxylation sites is 1. The first-order valence-electron chi connectivity index (χ1n) is 12.7. The van der Waals surface area contributed by atoms with Gasteiger partial charge in [0.15, 0.2) is 15.7 Å². The van der Waals surface area contributed by atoms with Gasteiger partial charge >= 0.3 is 12.7 Å². The second-order valence-electron chi connectivity index (χ2n) is 9.38. The van der Waals surface area contributed by atoms with Crippen molar-refractivity contribution in [3.8, 4) is 17.1 Å². The molecule has 3 aromatic rings. The van der Waals surface area contributed by atoms with E-state index in [0.29, 0.717) is 73.5 Å². The molecule has 2 heterocycles. The summed E-state index contributed by atoms with van der Waals surface area (Å²) in [6, 6.07) is 17.1. The van der Waals surface area contributed by atoms with E-state index in [9.17, 15) is 22.0 Å². The van der Waals surface area contributed by atoms with Gasteiger partial charge in [-0.3, -0.25) is 5.32 Å². The van der Waals surface area contributed by atoms with Gasteiger partial charge in [0.25, 0.3) is 0 Å². The van der Waals surface area contributed by atoms with Crippen molar-refractivity contribution in [2.24, 2.45) is 0 Å². The molecule has 1 N–H and O–H groups in total. The number of morpholine rings is 1. The summed E-state index contributed by atoms with van der Waals surface area (Å²) in [6.45, 7) is -1.49. The molecule has 1 saturated heterocycles. The molecule has 10 nitrogen and oxygen atoms in total. The Kier molecular flexibility index (Phi) is 8.24. The molecule has 0 unspecified atom stereocenters. The van der Waals surface area contributed by atoms with Crippen LogP contribution < -0.4 is 15.0 Å². The Balaban J connectivity index is 1.40. The third-order valence-electron chi connectivity index (χ3n) is 6.75. The molecular formula is C27H28F2N4O6S. The topological polar surface area (TPSA) is 120 Å². The number of nitrogens with zero attached hydrogens (tertiary/aromatic N) is 3. The molecule has 13 heteroatoms. The molecule has 1 aliphatic heterocycles. The normalized spacial score (nSPS) is 16.5. The molecule has 2 fully saturated rings. The Morgan fingerprint density at radius 3 is 2.40 bits per heavy atom. The van der Waals surface area contributed by atoms with Crippen LogP contribution in [0.1, 0.15) is 18.5 Å². The number of nitrogens with one attached hydrogen (secondary N) is 1. The number of carbonyl (C=O) groups is 1. The van der Waals surface area contributed by atoms with Crippen LogP contribution >= 0.6 is 0 Å². The minimum Gasteiger partial charge on any atom is -0.410 e. The van der Waals surface area contributed by atoms with E-state index in [1.54, 1.807) is 54.6 Å². The minimum atomic E-state index is -3.84. The quantitative estimate of drug-likeness (QED) is 0.379. The van der Waals surface area contributed by atoms with Crippen molar-refractivity contribution < 1.29 is 36.2 Å². The summed E-state index contributed by atoms with van der Waals surface area (Å²) >= 11 is 0. The van der Waals surface area contributed by atoms with Gasteiger partial charge in [0, 0.05) is 30.4 Å². The maximum Gasteiger partial charge on any atom is 0.417 e. The third-order valence-corrected chi connectivity index (χ3v) is 9.27. The monoisotopic (exact) mass is 574 g/mol. The highest BCUT2D eigenvalue weighted by molar-refractivity contribution is 7.92. The molecule has 0 spiro atoms. The molecular weight excluding hydrogens is 546 g/mol. The van der Waals surface area contributed by atoms with Crippen LogP contribution in [0.15, 0.2) is 60.7 Å². The van der Waals surface area contributed by atoms with Crippen LogP contribution in [0.2, 0.25) is 0 Å². The highest BCUT2D eigenvalue weighted by Crippen LogP contribution is 2.53. The zero-order valence-electron chi connectivity index (χ0n) is 21.5. The first kappa shape index (κ1) is 27.9. The largest absolute Gasteiger partial charge is 0.417 e. The number of rotatable bonds is 10. The van der Waals surface area contributed by atoms with E-state index >= 15 is 0 Å². The lowest BCUT2D eigenvalue weighted by Crippen LogP contribution is -2.37. The van der Waals surface area contributed by atoms with Crippen LogP contribution in [0.5, 0.6) is 5.75 Å². The number of amides is 1. The van der Waals surface area contributed by atoms with Gasteiger partial charge in [-0.2, -0.15) is 8.78 Å². The predicted molar refractivity (Wildman–Crippen MR) is 143 cm³/mol. The van der Waals surface area contributed by atoms with E-state index in [4.69, 9.17) is 14.5 Å². The van der Waals surface area contributed by atoms with Gasteiger partial charge in [-0.1, -0.05) is 18.2 Å². The summed E-state index contributed by atoms with van der Waals surface area (Å²) in [5.74, 6) is 0.732. The van der Waals surface area contributed by atoms with Crippen molar-refractivity contribution in [3.63, 3.8) is 0 Å². The number of aromatic nitrogens is 2. The molecule has 1 aromatic heterocycles. The molecule has 0 atom stereocenters. The fourth-order valence-electron chi connectivity index (χ4n) is 4.48. The molecule has 2 aromatic carbocycles. The van der Waals surface area contributed by atoms with Gasteiger partial charge in [0.1, 0.15) is 16.3 Å². The minimum absolute atomic E-state index is 0.308. The number of benzene rings is 2. The first-order valence-corrected chi connectivity index (χ1v) is 14.4. The van der Waals surface area contributed by atoms with E-state index in [0.717, 1.165) is 0 Å². The highest BCUT2D eigenvalue weighted by Gasteiger charge is 2.57. The van der Waals surface area contributed by atoms with Crippen molar-refractivity contribution >= 4 is 27.4 Å². The average molecular weight is 575 g/mol. The Morgan fingerprint density at radius 1 is 1.05 bits per heavy atom. The number of hydrogen-bond acceptors (Lipinski definition) is 9. The maximum atomic E-state index is 13.2. The van der Waals surface area contributed by atoms with Crippen molar-refractivity contribution in [1.82, 2.24) is 9.97 Å². The lowest BCUT2D eigenvalue weighted by Gasteiger charge is -2.29. The standard InChI is InChI=1S/C27H28F2N4O6S/c28-25(29)38-16-17-40(35,36)27(10-11-27)22-18-23(33-12-14-37-15-13-33)32-24(31-22)19-6-8-20(9-7-19)30-26(34)39-21-4-2-1-3-5-21/h1-9,18,25H,10-17H2,(H,30,34). The average Bonchev–Trinajstić information content (AvgIpc) is 3.77.